The molecule has 0 unspecified atom stereocenters. The van der Waals surface area contributed by atoms with E-state index in [-0.39, 0.29) is 11.4 Å². The van der Waals surface area contributed by atoms with E-state index in [2.05, 4.69) is 24.9 Å². The predicted octanol–water partition coefficient (Wildman–Crippen LogP) is 4.67. The molecule has 4 nitrogen and oxygen atoms in total. The molecule has 0 radical (unpaired) electrons. The highest BCUT2D eigenvalue weighted by Crippen LogP contribution is 2.38. The van der Waals surface area contributed by atoms with Gasteiger partial charge in [0, 0.05) is 11.8 Å². The molecule has 1 heterocycles. The van der Waals surface area contributed by atoms with Gasteiger partial charge in [0.25, 0.3) is 0 Å². The summed E-state index contributed by atoms with van der Waals surface area (Å²) in [6.45, 7) is 7.41. The van der Waals surface area contributed by atoms with E-state index >= 15 is 0 Å². The number of aliphatic imine (C=N–C) groups is 1. The Morgan fingerprint density at radius 2 is 2.00 bits per heavy atom. The number of hydrogen-bond acceptors (Lipinski definition) is 4. The number of hydrogen-bond donors (Lipinski definition) is 0. The standard InChI is InChI=1S/C21H23NO3/c1-4-24-20(23)16-6-8-17(9-7-16)22-14-15-5-10-19-18(13-15)21(2,3)11-12-25-19/h5-10,13-14H,4,11-12H2,1-3H3. The minimum absolute atomic E-state index is 0.110. The van der Waals surface area contributed by atoms with E-state index in [1.54, 1.807) is 19.1 Å². The third kappa shape index (κ3) is 3.90. The first-order chi connectivity index (χ1) is 12.0. The van der Waals surface area contributed by atoms with Crippen molar-refractivity contribution in [2.24, 2.45) is 4.99 Å². The molecule has 0 saturated carbocycles. The molecule has 0 spiro atoms. The van der Waals surface area contributed by atoms with Crippen LogP contribution in [0.3, 0.4) is 0 Å². The van der Waals surface area contributed by atoms with E-state index in [0.717, 1.165) is 30.0 Å². The Labute approximate surface area is 148 Å². The fraction of sp³-hybridized carbons (Fsp3) is 0.333. The number of benzene rings is 2. The van der Waals surface area contributed by atoms with Crippen LogP contribution >= 0.6 is 0 Å². The van der Waals surface area contributed by atoms with Gasteiger partial charge in [0.05, 0.1) is 24.5 Å². The summed E-state index contributed by atoms with van der Waals surface area (Å²) in [5.74, 6) is 0.655. The third-order valence-corrected chi connectivity index (χ3v) is 4.46. The van der Waals surface area contributed by atoms with E-state index in [0.29, 0.717) is 12.2 Å². The van der Waals surface area contributed by atoms with Crippen LogP contribution in [0.5, 0.6) is 5.75 Å². The van der Waals surface area contributed by atoms with Gasteiger partial charge in [-0.2, -0.15) is 0 Å². The second-order valence-electron chi connectivity index (χ2n) is 6.76. The maximum atomic E-state index is 11.7. The first-order valence-corrected chi connectivity index (χ1v) is 8.58. The molecule has 0 amide bonds. The molecule has 0 saturated heterocycles. The topological polar surface area (TPSA) is 47.9 Å². The van der Waals surface area contributed by atoms with E-state index in [9.17, 15) is 4.79 Å². The van der Waals surface area contributed by atoms with Gasteiger partial charge in [-0.15, -0.1) is 0 Å². The van der Waals surface area contributed by atoms with Crippen LogP contribution < -0.4 is 4.74 Å². The van der Waals surface area contributed by atoms with Crippen molar-refractivity contribution in [3.8, 4) is 5.75 Å². The lowest BCUT2D eigenvalue weighted by atomic mass is 9.79. The van der Waals surface area contributed by atoms with Gasteiger partial charge in [-0.25, -0.2) is 4.79 Å². The van der Waals surface area contributed by atoms with Crippen LogP contribution in [0, 0.1) is 0 Å². The molecule has 0 aromatic heterocycles. The zero-order valence-corrected chi connectivity index (χ0v) is 14.9. The van der Waals surface area contributed by atoms with Crippen molar-refractivity contribution in [3.05, 3.63) is 59.2 Å². The van der Waals surface area contributed by atoms with Crippen molar-refractivity contribution >= 4 is 17.9 Å². The number of carbonyl (C=O) groups excluding carboxylic acids is 1. The normalized spacial score (nSPS) is 15.5. The molecular formula is C21H23NO3. The lowest BCUT2D eigenvalue weighted by Crippen LogP contribution is -2.26. The Morgan fingerprint density at radius 1 is 1.24 bits per heavy atom. The Hall–Kier alpha value is -2.62. The van der Waals surface area contributed by atoms with Crippen molar-refractivity contribution in [2.75, 3.05) is 13.2 Å². The molecule has 130 valence electrons. The predicted molar refractivity (Wildman–Crippen MR) is 99.2 cm³/mol. The number of nitrogens with zero attached hydrogens (tertiary/aromatic N) is 1. The van der Waals surface area contributed by atoms with E-state index in [1.165, 1.54) is 5.56 Å². The minimum atomic E-state index is -0.310. The maximum Gasteiger partial charge on any atom is 0.338 e. The number of rotatable bonds is 4. The van der Waals surface area contributed by atoms with Gasteiger partial charge >= 0.3 is 5.97 Å². The van der Waals surface area contributed by atoms with E-state index < -0.39 is 0 Å². The summed E-state index contributed by atoms with van der Waals surface area (Å²) in [5, 5.41) is 0. The third-order valence-electron chi connectivity index (χ3n) is 4.46. The van der Waals surface area contributed by atoms with Crippen molar-refractivity contribution in [1.29, 1.82) is 0 Å². The van der Waals surface area contributed by atoms with Crippen LogP contribution in [0.2, 0.25) is 0 Å². The monoisotopic (exact) mass is 337 g/mol. The fourth-order valence-electron chi connectivity index (χ4n) is 2.88. The van der Waals surface area contributed by atoms with Gasteiger partial charge in [0.1, 0.15) is 5.75 Å². The first-order valence-electron chi connectivity index (χ1n) is 8.58. The Morgan fingerprint density at radius 3 is 2.72 bits per heavy atom. The van der Waals surface area contributed by atoms with Crippen molar-refractivity contribution in [3.63, 3.8) is 0 Å². The molecule has 2 aromatic rings. The Kier molecular flexibility index (Phi) is 4.88. The van der Waals surface area contributed by atoms with Gasteiger partial charge in [-0.3, -0.25) is 4.99 Å². The molecule has 0 atom stereocenters. The quantitative estimate of drug-likeness (QED) is 0.601. The summed E-state index contributed by atoms with van der Waals surface area (Å²) in [6.07, 6.45) is 2.85. The van der Waals surface area contributed by atoms with Gasteiger partial charge in [-0.1, -0.05) is 13.8 Å². The van der Waals surface area contributed by atoms with Gasteiger partial charge in [-0.05, 0) is 66.8 Å². The first kappa shape index (κ1) is 17.2. The molecule has 0 bridgehead atoms. The summed E-state index contributed by atoms with van der Waals surface area (Å²) in [4.78, 5) is 16.2. The molecule has 1 aliphatic heterocycles. The molecule has 2 aromatic carbocycles. The average molecular weight is 337 g/mol. The second-order valence-corrected chi connectivity index (χ2v) is 6.76. The lowest BCUT2D eigenvalue weighted by molar-refractivity contribution is 0.0526. The van der Waals surface area contributed by atoms with E-state index in [4.69, 9.17) is 9.47 Å². The molecule has 4 heteroatoms. The van der Waals surface area contributed by atoms with Crippen LogP contribution in [-0.2, 0) is 10.2 Å². The van der Waals surface area contributed by atoms with E-state index in [1.807, 2.05) is 30.5 Å². The summed E-state index contributed by atoms with van der Waals surface area (Å²) < 4.78 is 10.7. The molecule has 3 rings (SSSR count). The second kappa shape index (κ2) is 7.09. The molecule has 0 N–H and O–H groups in total. The van der Waals surface area contributed by atoms with Crippen LogP contribution in [0.4, 0.5) is 5.69 Å². The van der Waals surface area contributed by atoms with Crippen LogP contribution in [-0.4, -0.2) is 25.4 Å². The van der Waals surface area contributed by atoms with Crippen molar-refractivity contribution < 1.29 is 14.3 Å². The summed E-state index contributed by atoms with van der Waals surface area (Å²) in [7, 11) is 0. The largest absolute Gasteiger partial charge is 0.493 e. The van der Waals surface area contributed by atoms with Crippen LogP contribution in [0.15, 0.2) is 47.5 Å². The summed E-state index contributed by atoms with van der Waals surface area (Å²) in [6, 6.07) is 13.3. The zero-order chi connectivity index (χ0) is 17.9. The maximum absolute atomic E-state index is 11.7. The fourth-order valence-corrected chi connectivity index (χ4v) is 2.88. The Balaban J connectivity index is 1.77. The number of esters is 1. The van der Waals surface area contributed by atoms with Crippen molar-refractivity contribution in [2.45, 2.75) is 32.6 Å². The minimum Gasteiger partial charge on any atom is -0.493 e. The summed E-state index contributed by atoms with van der Waals surface area (Å²) in [5.41, 5.74) is 3.69. The average Bonchev–Trinajstić information content (AvgIpc) is 2.61. The lowest BCUT2D eigenvalue weighted by Gasteiger charge is -2.32. The van der Waals surface area contributed by atoms with Crippen molar-refractivity contribution in [1.82, 2.24) is 0 Å². The number of fused-ring (bicyclic) bond motifs is 1. The molecular weight excluding hydrogens is 314 g/mol. The highest BCUT2D eigenvalue weighted by molar-refractivity contribution is 5.90. The van der Waals surface area contributed by atoms with Crippen LogP contribution in [0.25, 0.3) is 0 Å². The number of carbonyl (C=O) groups is 1. The van der Waals surface area contributed by atoms with Gasteiger partial charge in [0.2, 0.25) is 0 Å². The van der Waals surface area contributed by atoms with Gasteiger partial charge < -0.3 is 9.47 Å². The number of ether oxygens (including phenoxy) is 2. The van der Waals surface area contributed by atoms with Gasteiger partial charge in [0.15, 0.2) is 0 Å². The molecule has 0 fully saturated rings. The highest BCUT2D eigenvalue weighted by Gasteiger charge is 2.28. The smallest absolute Gasteiger partial charge is 0.338 e. The summed E-state index contributed by atoms with van der Waals surface area (Å²) >= 11 is 0. The molecule has 25 heavy (non-hydrogen) atoms. The SMILES string of the molecule is CCOC(=O)c1ccc(N=Cc2ccc3c(c2)C(C)(C)CCO3)cc1. The van der Waals surface area contributed by atoms with Crippen LogP contribution in [0.1, 0.15) is 48.7 Å². The Bertz CT molecular complexity index is 791. The highest BCUT2D eigenvalue weighted by atomic mass is 16.5. The molecule has 1 aliphatic rings. The zero-order valence-electron chi connectivity index (χ0n) is 14.9. The molecule has 0 aliphatic carbocycles.